The van der Waals surface area contributed by atoms with Gasteiger partial charge in [-0.2, -0.15) is 0 Å². The molecule has 0 aromatic carbocycles. The van der Waals surface area contributed by atoms with E-state index >= 15 is 0 Å². The molecule has 0 aliphatic carbocycles. The Bertz CT molecular complexity index is 335. The molecule has 2 heterocycles. The van der Waals surface area contributed by atoms with E-state index in [1.165, 1.54) is 32.1 Å². The summed E-state index contributed by atoms with van der Waals surface area (Å²) in [7, 11) is 0. The first-order valence-corrected chi connectivity index (χ1v) is 9.20. The molecule has 5 nitrogen and oxygen atoms in total. The third kappa shape index (κ3) is 7.13. The summed E-state index contributed by atoms with van der Waals surface area (Å²) in [6.45, 7) is 12.5. The Kier molecular flexibility index (Phi) is 11.2. The molecule has 0 saturated carbocycles. The summed E-state index contributed by atoms with van der Waals surface area (Å²) in [5, 5.41) is 3.47. The molecule has 0 aromatic heterocycles. The number of ether oxygens (including phenoxy) is 1. The van der Waals surface area contributed by atoms with Crippen molar-refractivity contribution in [3.63, 3.8) is 0 Å². The predicted molar refractivity (Wildman–Crippen MR) is 108 cm³/mol. The van der Waals surface area contributed by atoms with Crippen LogP contribution in [0, 0.1) is 0 Å². The summed E-state index contributed by atoms with van der Waals surface area (Å²) in [6, 6.07) is 0.674. The fourth-order valence-electron chi connectivity index (χ4n) is 3.32. The molecule has 0 bridgehead atoms. The van der Waals surface area contributed by atoms with Gasteiger partial charge in [-0.15, -0.1) is 24.0 Å². The van der Waals surface area contributed by atoms with Crippen LogP contribution in [0.25, 0.3) is 0 Å². The standard InChI is InChI=1S/C17H34N4O.HI/c1-3-5-6-7-9-19-17(18-4-2)21-10-8-16(15-21)20-11-13-22-14-12-20;/h16H,3-15H2,1-2H3,(H,18,19);1H. The lowest BCUT2D eigenvalue weighted by Gasteiger charge is -2.32. The number of morpholine rings is 1. The van der Waals surface area contributed by atoms with Crippen LogP contribution in [-0.2, 0) is 4.74 Å². The van der Waals surface area contributed by atoms with Crippen molar-refractivity contribution >= 4 is 29.9 Å². The van der Waals surface area contributed by atoms with Crippen molar-refractivity contribution in [2.45, 2.75) is 52.0 Å². The maximum atomic E-state index is 5.47. The van der Waals surface area contributed by atoms with Crippen molar-refractivity contribution in [2.75, 3.05) is 52.5 Å². The summed E-state index contributed by atoms with van der Waals surface area (Å²) < 4.78 is 5.47. The molecule has 0 radical (unpaired) electrons. The SMILES string of the molecule is CCCCCCN=C(NCC)N1CCC(N2CCOCC2)C1.I. The number of unbranched alkanes of at least 4 members (excludes halogenated alkanes) is 3. The lowest BCUT2D eigenvalue weighted by atomic mass is 10.2. The van der Waals surface area contributed by atoms with Crippen LogP contribution in [0.3, 0.4) is 0 Å². The number of rotatable bonds is 7. The molecule has 2 fully saturated rings. The van der Waals surface area contributed by atoms with Gasteiger partial charge in [-0.1, -0.05) is 26.2 Å². The zero-order chi connectivity index (χ0) is 15.6. The van der Waals surface area contributed by atoms with Crippen molar-refractivity contribution in [2.24, 2.45) is 4.99 Å². The van der Waals surface area contributed by atoms with Crippen molar-refractivity contribution in [1.29, 1.82) is 0 Å². The maximum Gasteiger partial charge on any atom is 0.193 e. The highest BCUT2D eigenvalue weighted by atomic mass is 127. The van der Waals surface area contributed by atoms with Crippen molar-refractivity contribution in [3.8, 4) is 0 Å². The van der Waals surface area contributed by atoms with Crippen molar-refractivity contribution in [3.05, 3.63) is 0 Å². The third-order valence-electron chi connectivity index (χ3n) is 4.63. The second-order valence-corrected chi connectivity index (χ2v) is 6.33. The lowest BCUT2D eigenvalue weighted by Crippen LogP contribution is -2.46. The second-order valence-electron chi connectivity index (χ2n) is 6.33. The van der Waals surface area contributed by atoms with Crippen LogP contribution < -0.4 is 5.32 Å². The Morgan fingerprint density at radius 3 is 2.61 bits per heavy atom. The van der Waals surface area contributed by atoms with Gasteiger partial charge in [-0.25, -0.2) is 0 Å². The lowest BCUT2D eigenvalue weighted by molar-refractivity contribution is 0.0195. The Balaban J connectivity index is 0.00000264. The third-order valence-corrected chi connectivity index (χ3v) is 4.63. The first-order valence-electron chi connectivity index (χ1n) is 9.20. The smallest absolute Gasteiger partial charge is 0.193 e. The highest BCUT2D eigenvalue weighted by Crippen LogP contribution is 2.17. The van der Waals surface area contributed by atoms with Gasteiger partial charge in [0, 0.05) is 45.3 Å². The fraction of sp³-hybridized carbons (Fsp3) is 0.941. The Morgan fingerprint density at radius 2 is 1.91 bits per heavy atom. The summed E-state index contributed by atoms with van der Waals surface area (Å²) in [6.07, 6.45) is 6.38. The van der Waals surface area contributed by atoms with Gasteiger partial charge in [0.2, 0.25) is 0 Å². The molecule has 23 heavy (non-hydrogen) atoms. The van der Waals surface area contributed by atoms with E-state index < -0.39 is 0 Å². The van der Waals surface area contributed by atoms with E-state index in [9.17, 15) is 0 Å². The molecule has 0 amide bonds. The summed E-state index contributed by atoms with van der Waals surface area (Å²) in [4.78, 5) is 9.87. The number of aliphatic imine (C=N–C) groups is 1. The first-order chi connectivity index (χ1) is 10.8. The van der Waals surface area contributed by atoms with Gasteiger partial charge in [0.1, 0.15) is 0 Å². The Morgan fingerprint density at radius 1 is 1.13 bits per heavy atom. The average Bonchev–Trinajstić information content (AvgIpc) is 3.04. The summed E-state index contributed by atoms with van der Waals surface area (Å²) in [5.41, 5.74) is 0. The van der Waals surface area contributed by atoms with E-state index in [1.54, 1.807) is 0 Å². The number of guanidine groups is 1. The predicted octanol–water partition coefficient (Wildman–Crippen LogP) is 2.56. The normalized spacial score (nSPS) is 23.0. The minimum Gasteiger partial charge on any atom is -0.379 e. The highest BCUT2D eigenvalue weighted by molar-refractivity contribution is 14.0. The quantitative estimate of drug-likeness (QED) is 0.287. The van der Waals surface area contributed by atoms with Crippen LogP contribution in [0.15, 0.2) is 4.99 Å². The molecule has 2 saturated heterocycles. The van der Waals surface area contributed by atoms with Crippen LogP contribution in [0.2, 0.25) is 0 Å². The molecule has 2 aliphatic heterocycles. The molecule has 1 N–H and O–H groups in total. The van der Waals surface area contributed by atoms with Crippen molar-refractivity contribution < 1.29 is 4.74 Å². The van der Waals surface area contributed by atoms with Crippen LogP contribution in [0.5, 0.6) is 0 Å². The highest BCUT2D eigenvalue weighted by Gasteiger charge is 2.30. The molecular formula is C17H35IN4O. The minimum atomic E-state index is 0. The zero-order valence-corrected chi connectivity index (χ0v) is 17.3. The van der Waals surface area contributed by atoms with Gasteiger partial charge in [0.15, 0.2) is 5.96 Å². The van der Waals surface area contributed by atoms with Gasteiger partial charge < -0.3 is 15.0 Å². The molecule has 0 aromatic rings. The van der Waals surface area contributed by atoms with E-state index in [4.69, 9.17) is 9.73 Å². The van der Waals surface area contributed by atoms with E-state index in [2.05, 4.69) is 29.0 Å². The van der Waals surface area contributed by atoms with Crippen LogP contribution >= 0.6 is 24.0 Å². The fourth-order valence-corrected chi connectivity index (χ4v) is 3.32. The number of halogens is 1. The zero-order valence-electron chi connectivity index (χ0n) is 14.9. The number of nitrogens with one attached hydrogen (secondary N) is 1. The number of likely N-dealkylation sites (tertiary alicyclic amines) is 1. The average molecular weight is 438 g/mol. The number of hydrogen-bond acceptors (Lipinski definition) is 3. The van der Waals surface area contributed by atoms with Gasteiger partial charge in [0.25, 0.3) is 0 Å². The summed E-state index contributed by atoms with van der Waals surface area (Å²) >= 11 is 0. The molecule has 2 rings (SSSR count). The largest absolute Gasteiger partial charge is 0.379 e. The van der Waals surface area contributed by atoms with E-state index in [-0.39, 0.29) is 24.0 Å². The molecule has 136 valence electrons. The molecule has 6 heteroatoms. The number of hydrogen-bond donors (Lipinski definition) is 1. The van der Waals surface area contributed by atoms with Crippen LogP contribution in [0.4, 0.5) is 0 Å². The van der Waals surface area contributed by atoms with Gasteiger partial charge in [0.05, 0.1) is 13.2 Å². The number of nitrogens with zero attached hydrogens (tertiary/aromatic N) is 3. The molecule has 1 atom stereocenters. The first kappa shape index (κ1) is 21.0. The Hall–Kier alpha value is -0.0800. The maximum absolute atomic E-state index is 5.47. The van der Waals surface area contributed by atoms with E-state index in [0.29, 0.717) is 6.04 Å². The molecule has 0 spiro atoms. The van der Waals surface area contributed by atoms with Crippen LogP contribution in [0.1, 0.15) is 46.0 Å². The van der Waals surface area contributed by atoms with Gasteiger partial charge >= 0.3 is 0 Å². The molecule has 2 aliphatic rings. The Labute approximate surface area is 159 Å². The molecular weight excluding hydrogens is 403 g/mol. The van der Waals surface area contributed by atoms with Crippen LogP contribution in [-0.4, -0.2) is 74.3 Å². The van der Waals surface area contributed by atoms with E-state index in [0.717, 1.165) is 58.4 Å². The topological polar surface area (TPSA) is 40.1 Å². The summed E-state index contributed by atoms with van der Waals surface area (Å²) in [5.74, 6) is 1.12. The minimum absolute atomic E-state index is 0. The monoisotopic (exact) mass is 438 g/mol. The second kappa shape index (κ2) is 12.3. The molecule has 1 unspecified atom stereocenters. The van der Waals surface area contributed by atoms with Gasteiger partial charge in [-0.3, -0.25) is 9.89 Å². The van der Waals surface area contributed by atoms with Gasteiger partial charge in [-0.05, 0) is 19.8 Å². The van der Waals surface area contributed by atoms with E-state index in [1.807, 2.05) is 0 Å². The van der Waals surface area contributed by atoms with Crippen molar-refractivity contribution in [1.82, 2.24) is 15.1 Å².